The molecule has 0 bridgehead atoms. The lowest BCUT2D eigenvalue weighted by molar-refractivity contribution is 0.0655. The Kier molecular flexibility index (Phi) is 5.40. The second kappa shape index (κ2) is 7.71. The summed E-state index contributed by atoms with van der Waals surface area (Å²) in [6.07, 6.45) is 0. The van der Waals surface area contributed by atoms with Crippen molar-refractivity contribution in [3.05, 3.63) is 92.4 Å². The zero-order chi connectivity index (χ0) is 20.8. The number of urea groups is 1. The summed E-state index contributed by atoms with van der Waals surface area (Å²) in [4.78, 5) is 16.2. The molecule has 0 aromatic heterocycles. The van der Waals surface area contributed by atoms with Crippen molar-refractivity contribution in [1.29, 1.82) is 0 Å². The van der Waals surface area contributed by atoms with E-state index in [0.717, 1.165) is 0 Å². The van der Waals surface area contributed by atoms with Gasteiger partial charge in [-0.3, -0.25) is 9.80 Å². The van der Waals surface area contributed by atoms with E-state index in [0.29, 0.717) is 32.0 Å². The van der Waals surface area contributed by atoms with Gasteiger partial charge in [0.15, 0.2) is 5.72 Å². The summed E-state index contributed by atoms with van der Waals surface area (Å²) >= 11 is 24.4. The summed E-state index contributed by atoms with van der Waals surface area (Å²) in [5.41, 5.74) is -0.150. The highest BCUT2D eigenvalue weighted by Crippen LogP contribution is 2.42. The maximum Gasteiger partial charge on any atom is 0.331 e. The highest BCUT2D eigenvalue weighted by molar-refractivity contribution is 6.42. The molecule has 1 unspecified atom stereocenters. The van der Waals surface area contributed by atoms with Gasteiger partial charge in [0.05, 0.1) is 32.3 Å². The second-order valence-electron chi connectivity index (χ2n) is 6.58. The van der Waals surface area contributed by atoms with Crippen LogP contribution < -0.4 is 9.80 Å². The smallest absolute Gasteiger partial charge is 0.331 e. The van der Waals surface area contributed by atoms with Crippen LogP contribution in [-0.2, 0) is 5.72 Å². The fourth-order valence-electron chi connectivity index (χ4n) is 3.37. The third-order valence-electron chi connectivity index (χ3n) is 4.78. The zero-order valence-electron chi connectivity index (χ0n) is 14.8. The van der Waals surface area contributed by atoms with Crippen LogP contribution in [0.3, 0.4) is 0 Å². The van der Waals surface area contributed by atoms with E-state index in [9.17, 15) is 9.90 Å². The number of rotatable bonds is 3. The molecule has 4 nitrogen and oxygen atoms in total. The highest BCUT2D eigenvalue weighted by atomic mass is 35.5. The Morgan fingerprint density at radius 3 is 1.90 bits per heavy atom. The molecule has 1 heterocycles. The van der Waals surface area contributed by atoms with Gasteiger partial charge in [0.25, 0.3) is 0 Å². The standard InChI is InChI=1S/C21H14Cl4N2O2/c22-16-8-6-14(10-18(16)24)26-12-21(29,13-4-2-1-3-5-13)27(20(26)28)15-7-9-17(23)19(25)11-15/h1-11,29H,12H2. The van der Waals surface area contributed by atoms with Crippen LogP contribution in [-0.4, -0.2) is 17.7 Å². The lowest BCUT2D eigenvalue weighted by Crippen LogP contribution is -2.44. The summed E-state index contributed by atoms with van der Waals surface area (Å²) < 4.78 is 0. The Morgan fingerprint density at radius 1 is 0.759 bits per heavy atom. The Morgan fingerprint density at radius 2 is 1.31 bits per heavy atom. The molecule has 3 aromatic rings. The lowest BCUT2D eigenvalue weighted by atomic mass is 10.0. The van der Waals surface area contributed by atoms with E-state index in [-0.39, 0.29) is 11.6 Å². The first-order chi connectivity index (χ1) is 13.8. The van der Waals surface area contributed by atoms with Gasteiger partial charge in [-0.1, -0.05) is 76.7 Å². The molecule has 3 aromatic carbocycles. The van der Waals surface area contributed by atoms with Crippen molar-refractivity contribution >= 4 is 63.8 Å². The van der Waals surface area contributed by atoms with E-state index in [4.69, 9.17) is 46.4 Å². The van der Waals surface area contributed by atoms with Crippen molar-refractivity contribution in [3.8, 4) is 0 Å². The summed E-state index contributed by atoms with van der Waals surface area (Å²) in [7, 11) is 0. The summed E-state index contributed by atoms with van der Waals surface area (Å²) in [5.74, 6) is 0. The molecule has 0 saturated carbocycles. The fraction of sp³-hybridized carbons (Fsp3) is 0.0952. The van der Waals surface area contributed by atoms with Gasteiger partial charge in [-0.2, -0.15) is 0 Å². The van der Waals surface area contributed by atoms with E-state index in [1.807, 2.05) is 6.07 Å². The molecule has 148 valence electrons. The van der Waals surface area contributed by atoms with Crippen LogP contribution in [0.15, 0.2) is 66.7 Å². The van der Waals surface area contributed by atoms with Gasteiger partial charge in [0.2, 0.25) is 0 Å². The van der Waals surface area contributed by atoms with Gasteiger partial charge in [-0.15, -0.1) is 0 Å². The third-order valence-corrected chi connectivity index (χ3v) is 6.26. The number of carbonyl (C=O) groups excluding carboxylic acids is 1. The van der Waals surface area contributed by atoms with Crippen molar-refractivity contribution in [2.24, 2.45) is 0 Å². The molecule has 1 saturated heterocycles. The number of β-amino-alcohol motifs (C(OH)–C–C–N with tert-alkyl or cyclic N) is 1. The molecule has 4 rings (SSSR count). The van der Waals surface area contributed by atoms with Crippen LogP contribution in [0.25, 0.3) is 0 Å². The molecule has 1 fully saturated rings. The minimum Gasteiger partial charge on any atom is -0.365 e. The number of hydrogen-bond acceptors (Lipinski definition) is 2. The molecule has 1 atom stereocenters. The molecule has 8 heteroatoms. The van der Waals surface area contributed by atoms with Crippen molar-refractivity contribution in [2.75, 3.05) is 16.3 Å². The Balaban J connectivity index is 1.86. The van der Waals surface area contributed by atoms with Crippen molar-refractivity contribution in [1.82, 2.24) is 0 Å². The van der Waals surface area contributed by atoms with E-state index in [1.54, 1.807) is 60.7 Å². The van der Waals surface area contributed by atoms with Crippen LogP contribution in [0.5, 0.6) is 0 Å². The number of carbonyl (C=O) groups is 1. The average Bonchev–Trinajstić information content (AvgIpc) is 2.99. The van der Waals surface area contributed by atoms with Crippen LogP contribution >= 0.6 is 46.4 Å². The molecule has 1 aliphatic heterocycles. The SMILES string of the molecule is O=C1N(c2ccc(Cl)c(Cl)c2)CC(O)(c2ccccc2)N1c1ccc(Cl)c(Cl)c1. The van der Waals surface area contributed by atoms with Gasteiger partial charge in [0.1, 0.15) is 0 Å². The highest BCUT2D eigenvalue weighted by Gasteiger charge is 2.51. The van der Waals surface area contributed by atoms with Gasteiger partial charge in [0, 0.05) is 11.3 Å². The van der Waals surface area contributed by atoms with Gasteiger partial charge in [-0.25, -0.2) is 4.79 Å². The number of hydrogen-bond donors (Lipinski definition) is 1. The van der Waals surface area contributed by atoms with Crippen molar-refractivity contribution in [2.45, 2.75) is 5.72 Å². The molecule has 1 aliphatic rings. The first-order valence-corrected chi connectivity index (χ1v) is 10.1. The van der Waals surface area contributed by atoms with Gasteiger partial charge < -0.3 is 5.11 Å². The number of halogens is 4. The number of amides is 2. The molecular formula is C21H14Cl4N2O2. The van der Waals surface area contributed by atoms with Crippen LogP contribution in [0.1, 0.15) is 5.56 Å². The third kappa shape index (κ3) is 3.56. The number of nitrogens with zero attached hydrogens (tertiary/aromatic N) is 2. The Hall–Kier alpha value is -1.95. The van der Waals surface area contributed by atoms with Crippen LogP contribution in [0.4, 0.5) is 16.2 Å². The predicted octanol–water partition coefficient (Wildman–Crippen LogP) is 6.59. The van der Waals surface area contributed by atoms with Crippen LogP contribution in [0.2, 0.25) is 20.1 Å². The molecular weight excluding hydrogens is 454 g/mol. The minimum atomic E-state index is -1.64. The topological polar surface area (TPSA) is 43.8 Å². The Labute approximate surface area is 187 Å². The zero-order valence-corrected chi connectivity index (χ0v) is 17.8. The molecule has 0 aliphatic carbocycles. The quantitative estimate of drug-likeness (QED) is 0.472. The summed E-state index contributed by atoms with van der Waals surface area (Å²) in [6.45, 7) is -0.0198. The summed E-state index contributed by atoms with van der Waals surface area (Å²) in [6, 6.07) is 18.2. The fourth-order valence-corrected chi connectivity index (χ4v) is 3.95. The first kappa shape index (κ1) is 20.3. The van der Waals surface area contributed by atoms with E-state index in [1.165, 1.54) is 9.80 Å². The first-order valence-electron chi connectivity index (χ1n) is 8.61. The predicted molar refractivity (Wildman–Crippen MR) is 118 cm³/mol. The number of aliphatic hydroxyl groups is 1. The maximum absolute atomic E-state index is 13.4. The molecule has 0 spiro atoms. The maximum atomic E-state index is 13.4. The average molecular weight is 468 g/mol. The normalized spacial score (nSPS) is 19.1. The monoisotopic (exact) mass is 466 g/mol. The van der Waals surface area contributed by atoms with Gasteiger partial charge >= 0.3 is 6.03 Å². The molecule has 1 N–H and O–H groups in total. The Bertz CT molecular complexity index is 1090. The van der Waals surface area contributed by atoms with Crippen LogP contribution in [0, 0.1) is 0 Å². The number of benzene rings is 3. The molecule has 2 amide bonds. The lowest BCUT2D eigenvalue weighted by Gasteiger charge is -2.32. The number of anilines is 2. The largest absolute Gasteiger partial charge is 0.365 e. The second-order valence-corrected chi connectivity index (χ2v) is 8.21. The van der Waals surface area contributed by atoms with Crippen molar-refractivity contribution < 1.29 is 9.90 Å². The van der Waals surface area contributed by atoms with Gasteiger partial charge in [-0.05, 0) is 36.4 Å². The van der Waals surface area contributed by atoms with E-state index < -0.39 is 11.8 Å². The molecule has 0 radical (unpaired) electrons. The van der Waals surface area contributed by atoms with Crippen molar-refractivity contribution in [3.63, 3.8) is 0 Å². The minimum absolute atomic E-state index is 0.0198. The molecule has 29 heavy (non-hydrogen) atoms. The van der Waals surface area contributed by atoms with E-state index in [2.05, 4.69) is 0 Å². The van der Waals surface area contributed by atoms with E-state index >= 15 is 0 Å². The summed E-state index contributed by atoms with van der Waals surface area (Å²) in [5, 5.41) is 13.0.